The number of halogens is 19. The van der Waals surface area contributed by atoms with Crippen LogP contribution in [0.3, 0.4) is 0 Å². The predicted octanol–water partition coefficient (Wildman–Crippen LogP) is 16.1. The average molecular weight is 1660 g/mol. The zero-order valence-electron chi connectivity index (χ0n) is 59.0. The molecular weight excluding hydrogens is 1590 g/mol. The van der Waals surface area contributed by atoms with Crippen molar-refractivity contribution in [3.63, 3.8) is 0 Å². The van der Waals surface area contributed by atoms with Gasteiger partial charge in [-0.3, -0.25) is 4.79 Å². The molecule has 0 aliphatic heterocycles. The van der Waals surface area contributed by atoms with Crippen molar-refractivity contribution in [1.29, 1.82) is 0 Å². The highest BCUT2D eigenvalue weighted by molar-refractivity contribution is 6.31. The summed E-state index contributed by atoms with van der Waals surface area (Å²) in [4.78, 5) is 53.4. The van der Waals surface area contributed by atoms with Gasteiger partial charge in [-0.1, -0.05) is 23.2 Å². The lowest BCUT2D eigenvalue weighted by atomic mass is 9.89. The van der Waals surface area contributed by atoms with Gasteiger partial charge in [0.1, 0.15) is 34.5 Å². The van der Waals surface area contributed by atoms with Gasteiger partial charge in [0.2, 0.25) is 11.2 Å². The quantitative estimate of drug-likeness (QED) is 0.0213. The van der Waals surface area contributed by atoms with Gasteiger partial charge in [0.15, 0.2) is 71.6 Å². The summed E-state index contributed by atoms with van der Waals surface area (Å²) >= 11 is 11.5. The van der Waals surface area contributed by atoms with E-state index in [-0.39, 0.29) is 107 Å². The van der Waals surface area contributed by atoms with E-state index in [4.69, 9.17) is 62.5 Å². The van der Waals surface area contributed by atoms with Crippen LogP contribution in [0.15, 0.2) is 133 Å². The zero-order valence-corrected chi connectivity index (χ0v) is 60.5. The highest BCUT2D eigenvalue weighted by Gasteiger charge is 2.57. The predicted molar refractivity (Wildman–Crippen MR) is 363 cm³/mol. The maximum atomic E-state index is 14.2. The van der Waals surface area contributed by atoms with Crippen molar-refractivity contribution in [2.24, 2.45) is 5.73 Å². The van der Waals surface area contributed by atoms with Gasteiger partial charge in [-0.2, -0.15) is 65.9 Å². The Labute approximate surface area is 633 Å². The Kier molecular flexibility index (Phi) is 33.5. The van der Waals surface area contributed by atoms with Gasteiger partial charge in [-0.05, 0) is 140 Å². The van der Waals surface area contributed by atoms with Gasteiger partial charge >= 0.3 is 48.8 Å². The Balaban J connectivity index is 0.000000315. The van der Waals surface area contributed by atoms with Crippen molar-refractivity contribution >= 4 is 46.9 Å². The first kappa shape index (κ1) is 93.4. The minimum atomic E-state index is -5.29. The third-order valence-corrected chi connectivity index (χ3v) is 15.2. The topological polar surface area (TPSA) is 303 Å². The second-order valence-corrected chi connectivity index (χ2v) is 22.9. The number of Topliss-reactive ketones (excluding diaryl/α,β-unsaturated/α-hetero) is 1. The lowest BCUT2D eigenvalue weighted by molar-refractivity contribution is -0.270. The molecule has 0 saturated carbocycles. The number of nitrogens with two attached hydrogens (primary N) is 1. The van der Waals surface area contributed by atoms with Crippen molar-refractivity contribution in [2.45, 2.75) is 54.9 Å². The number of aromatic hydroxyl groups is 1. The van der Waals surface area contributed by atoms with E-state index in [0.717, 1.165) is 79.9 Å². The summed E-state index contributed by atoms with van der Waals surface area (Å²) in [5.41, 5.74) is -3.03. The van der Waals surface area contributed by atoms with Crippen LogP contribution in [0.1, 0.15) is 65.7 Å². The molecule has 8 aromatic rings. The number of carboxylic acid groups (broad SMARTS) is 1. The van der Waals surface area contributed by atoms with Gasteiger partial charge in [0, 0.05) is 29.7 Å². The van der Waals surface area contributed by atoms with Crippen LogP contribution >= 0.6 is 23.2 Å². The van der Waals surface area contributed by atoms with Crippen LogP contribution in [0.2, 0.25) is 10.0 Å². The number of aromatic carboxylic acids is 1. The van der Waals surface area contributed by atoms with Crippen LogP contribution in [-0.4, -0.2) is 168 Å². The Hall–Kier alpha value is -11.0. The van der Waals surface area contributed by atoms with Crippen molar-refractivity contribution in [3.05, 3.63) is 189 Å². The molecule has 22 nitrogen and oxygen atoms in total. The molecule has 8 rings (SSSR count). The number of alkyl halides is 15. The van der Waals surface area contributed by atoms with Crippen LogP contribution in [0, 0.1) is 11.6 Å². The number of hydrogen-bond acceptors (Lipinski definition) is 21. The summed E-state index contributed by atoms with van der Waals surface area (Å²) in [6, 6.07) is 25.5. The molecule has 0 spiro atoms. The number of aliphatic hydroxyl groups is 2. The van der Waals surface area contributed by atoms with Gasteiger partial charge in [-0.25, -0.2) is 33.1 Å². The van der Waals surface area contributed by atoms with E-state index in [0.29, 0.717) is 5.56 Å². The highest BCUT2D eigenvalue weighted by Crippen LogP contribution is 2.46. The standard InChI is InChI=1S/C26H21ClF7NO5.C15H13ClF4N2O2.C11H11F3O4.C10H9F3O4.C9H10O4/c1-38-20-7-8-22(35-23(20)15-3-5-17(28)16(27)11-15)24(37,26(32,33)34)10-9-18(36)14-4-6-19(21(12-14)39-2)40-13-25(29,30)31;1-24-11-4-5-12(14(23,7-21)15(18,19)20)22-13(11)8-2-3-10(17)9(16)6-8;1-16-9-5-7(10(15)17-2)3-4-8(9)18-6-11(12,13)14;1-16-8-4-6(9(14)15)2-3-7(8)17-5-10(11,12)13;1-12-8-5-6(9(11)13-2)3-4-7(8)10/h3-8,11-12,37H,9-10,13H2,1-2H3;2-6,23H,7,21H2,1H3;3-5H,6H2,1-2H3;2-4H,5H2,1H3,(H,14,15);3-5,10H,1-2H3. The van der Waals surface area contributed by atoms with Crippen molar-refractivity contribution < 1.29 is 166 Å². The molecule has 0 bridgehead atoms. The molecule has 0 fully saturated rings. The molecule has 2 heterocycles. The number of ketones is 1. The van der Waals surface area contributed by atoms with Gasteiger partial charge < -0.3 is 78.3 Å². The molecule has 2 unspecified atom stereocenters. The Morgan fingerprint density at radius 2 is 0.732 bits per heavy atom. The van der Waals surface area contributed by atoms with Gasteiger partial charge in [0.25, 0.3) is 0 Å². The lowest BCUT2D eigenvalue weighted by Gasteiger charge is -2.30. The second-order valence-electron chi connectivity index (χ2n) is 22.1. The normalized spacial score (nSPS) is 12.4. The molecule has 0 radical (unpaired) electrons. The van der Waals surface area contributed by atoms with E-state index in [1.165, 1.54) is 110 Å². The van der Waals surface area contributed by atoms with Crippen LogP contribution in [0.4, 0.5) is 74.6 Å². The Morgan fingerprint density at radius 3 is 1.06 bits per heavy atom. The molecule has 112 heavy (non-hydrogen) atoms. The van der Waals surface area contributed by atoms with Crippen LogP contribution in [-0.2, 0) is 20.7 Å². The van der Waals surface area contributed by atoms with E-state index < -0.39 is 128 Å². The second kappa shape index (κ2) is 40.3. The fourth-order valence-electron chi connectivity index (χ4n) is 8.92. The molecule has 6 aromatic carbocycles. The maximum absolute atomic E-state index is 14.2. The van der Waals surface area contributed by atoms with E-state index >= 15 is 0 Å². The molecule has 2 aromatic heterocycles. The van der Waals surface area contributed by atoms with Gasteiger partial charge in [0.05, 0.1) is 95.0 Å². The summed E-state index contributed by atoms with van der Waals surface area (Å²) in [5, 5.41) is 38.1. The number of carboxylic acids is 1. The number of phenols is 1. The minimum absolute atomic E-state index is 0.00449. The number of carbonyl (C=O) groups excluding carboxylic acids is 3. The van der Waals surface area contributed by atoms with Crippen LogP contribution in [0.5, 0.6) is 57.5 Å². The highest BCUT2D eigenvalue weighted by atomic mass is 35.5. The Bertz CT molecular complexity index is 4530. The van der Waals surface area contributed by atoms with E-state index in [1.807, 2.05) is 0 Å². The molecular formula is C71H64Cl2F17N3O19. The van der Waals surface area contributed by atoms with Crippen LogP contribution in [0.25, 0.3) is 22.5 Å². The van der Waals surface area contributed by atoms with E-state index in [2.05, 4.69) is 33.7 Å². The molecule has 41 heteroatoms. The number of ether oxygens (including phenoxy) is 11. The SMILES string of the molecule is COC(=O)c1ccc(O)c(OC)c1.COC(=O)c1ccc(OCC(F)(F)F)c(OC)c1.COc1cc(C(=O)CCC(O)(c2ccc(OC)c(-c3ccc(F)c(Cl)c3)n2)C(F)(F)F)ccc1OCC(F)(F)F.COc1cc(C(=O)O)ccc1OCC(F)(F)F.COc1ccc(C(O)(CN)C(F)(F)F)nc1-c1ccc(F)c(Cl)c1. The van der Waals surface area contributed by atoms with Crippen molar-refractivity contribution in [3.8, 4) is 80.0 Å². The molecule has 0 amide bonds. The Morgan fingerprint density at radius 1 is 0.411 bits per heavy atom. The number of rotatable bonds is 24. The van der Waals surface area contributed by atoms with Crippen molar-refractivity contribution in [1.82, 2.24) is 9.97 Å². The minimum Gasteiger partial charge on any atom is -0.504 e. The lowest BCUT2D eigenvalue weighted by Crippen LogP contribution is -2.48. The summed E-state index contributed by atoms with van der Waals surface area (Å²) in [6.07, 6.45) is -25.9. The van der Waals surface area contributed by atoms with Gasteiger partial charge in [-0.15, -0.1) is 0 Å². The molecule has 0 aliphatic rings. The van der Waals surface area contributed by atoms with E-state index in [9.17, 15) is 109 Å². The average Bonchev–Trinajstić information content (AvgIpc) is 0.770. The first-order valence-corrected chi connectivity index (χ1v) is 31.6. The summed E-state index contributed by atoms with van der Waals surface area (Å²) in [5.74, 6) is -5.10. The summed E-state index contributed by atoms with van der Waals surface area (Å²) < 4.78 is 270. The van der Waals surface area contributed by atoms with E-state index in [1.54, 1.807) is 0 Å². The number of benzene rings is 6. The number of pyridine rings is 2. The third kappa shape index (κ3) is 26.3. The first-order chi connectivity index (χ1) is 52.1. The fraction of sp³-hybridized carbons (Fsp3) is 0.296. The largest absolute Gasteiger partial charge is 0.504 e. The number of nitrogens with zero attached hydrogens (tertiary/aromatic N) is 2. The monoisotopic (exact) mass is 1660 g/mol. The maximum Gasteiger partial charge on any atom is 0.424 e. The molecule has 0 aliphatic carbocycles. The number of aromatic nitrogens is 2. The summed E-state index contributed by atoms with van der Waals surface area (Å²) in [7, 11) is 10.0. The number of methoxy groups -OCH3 is 8. The molecule has 0 saturated heterocycles. The molecule has 610 valence electrons. The number of phenolic OH excluding ortho intramolecular Hbond substituents is 1. The smallest absolute Gasteiger partial charge is 0.424 e. The van der Waals surface area contributed by atoms with Crippen molar-refractivity contribution in [2.75, 3.05) is 83.2 Å². The molecule has 6 N–H and O–H groups in total. The number of esters is 2. The van der Waals surface area contributed by atoms with Crippen LogP contribution < -0.4 is 48.4 Å². The zero-order chi connectivity index (χ0) is 84.7. The fourth-order valence-corrected chi connectivity index (χ4v) is 9.28. The first-order valence-electron chi connectivity index (χ1n) is 30.9. The molecule has 2 atom stereocenters. The number of hydrogen-bond donors (Lipinski definition) is 5. The summed E-state index contributed by atoms with van der Waals surface area (Å²) in [6.45, 7) is -5.63. The third-order valence-electron chi connectivity index (χ3n) is 14.6. The number of carbonyl (C=O) groups is 4.